The predicted molar refractivity (Wildman–Crippen MR) is 126 cm³/mol. The van der Waals surface area contributed by atoms with Gasteiger partial charge in [-0.15, -0.1) is 0 Å². The summed E-state index contributed by atoms with van der Waals surface area (Å²) in [7, 11) is 0. The molecule has 2 atom stereocenters. The lowest BCUT2D eigenvalue weighted by molar-refractivity contribution is -0.149. The van der Waals surface area contributed by atoms with Crippen LogP contribution < -0.4 is 5.73 Å². The van der Waals surface area contributed by atoms with Crippen LogP contribution in [0.4, 0.5) is 4.79 Å². The van der Waals surface area contributed by atoms with E-state index in [0.29, 0.717) is 21.6 Å². The molecule has 35 heavy (non-hydrogen) atoms. The lowest BCUT2D eigenvalue weighted by atomic mass is 10.0. The number of nitrogens with zero attached hydrogens (tertiary/aromatic N) is 1. The summed E-state index contributed by atoms with van der Waals surface area (Å²) in [5.74, 6) is -2.30. The molecule has 0 fully saturated rings. The minimum absolute atomic E-state index is 0.00707. The molecule has 9 heteroatoms. The van der Waals surface area contributed by atoms with Crippen LogP contribution in [0.25, 0.3) is 0 Å². The van der Waals surface area contributed by atoms with Crippen LogP contribution in [0.5, 0.6) is 11.5 Å². The summed E-state index contributed by atoms with van der Waals surface area (Å²) in [6.07, 6.45) is -1.34. The van der Waals surface area contributed by atoms with E-state index in [9.17, 15) is 29.7 Å². The van der Waals surface area contributed by atoms with Crippen molar-refractivity contribution in [2.45, 2.75) is 31.5 Å². The first-order valence-electron chi connectivity index (χ1n) is 10.8. The fourth-order valence-corrected chi connectivity index (χ4v) is 3.46. The molecule has 0 saturated carbocycles. The molecule has 5 N–H and O–H groups in total. The molecule has 3 aromatic rings. The average Bonchev–Trinajstić information content (AvgIpc) is 2.85. The Hall–Kier alpha value is -4.37. The zero-order chi connectivity index (χ0) is 25.4. The Kier molecular flexibility index (Phi) is 8.42. The maximum absolute atomic E-state index is 13.3. The molecule has 3 rings (SSSR count). The monoisotopic (exact) mass is 478 g/mol. The van der Waals surface area contributed by atoms with Crippen molar-refractivity contribution in [3.8, 4) is 11.5 Å². The summed E-state index contributed by atoms with van der Waals surface area (Å²) in [5.41, 5.74) is 7.86. The first-order valence-corrected chi connectivity index (χ1v) is 10.8. The first-order chi connectivity index (χ1) is 16.7. The van der Waals surface area contributed by atoms with Crippen LogP contribution in [-0.4, -0.2) is 50.3 Å². The largest absolute Gasteiger partial charge is 0.508 e. The van der Waals surface area contributed by atoms with Crippen LogP contribution in [0.2, 0.25) is 0 Å². The van der Waals surface area contributed by atoms with Crippen LogP contribution in [0, 0.1) is 0 Å². The fraction of sp³-hybridized carbons (Fsp3) is 0.192. The Morgan fingerprint density at radius 3 is 1.80 bits per heavy atom. The zero-order valence-corrected chi connectivity index (χ0v) is 18.8. The van der Waals surface area contributed by atoms with Crippen LogP contribution in [0.15, 0.2) is 78.9 Å². The van der Waals surface area contributed by atoms with Crippen molar-refractivity contribution in [3.63, 3.8) is 0 Å². The number of carbonyl (C=O) groups is 3. The summed E-state index contributed by atoms with van der Waals surface area (Å²) in [6, 6.07) is 17.7. The molecule has 0 aliphatic carbocycles. The number of rotatable bonds is 9. The molecule has 0 unspecified atom stereocenters. The highest BCUT2D eigenvalue weighted by Crippen LogP contribution is 2.18. The zero-order valence-electron chi connectivity index (χ0n) is 18.8. The highest BCUT2D eigenvalue weighted by molar-refractivity contribution is 5.99. The third kappa shape index (κ3) is 7.05. The van der Waals surface area contributed by atoms with Gasteiger partial charge in [-0.05, 0) is 47.4 Å². The Morgan fingerprint density at radius 2 is 1.29 bits per heavy atom. The molecule has 0 saturated heterocycles. The molecular weight excluding hydrogens is 452 g/mol. The van der Waals surface area contributed by atoms with E-state index in [2.05, 4.69) is 0 Å². The maximum atomic E-state index is 13.3. The molecule has 9 nitrogen and oxygen atoms in total. The summed E-state index contributed by atoms with van der Waals surface area (Å²) in [6.45, 7) is -0.164. The molecule has 0 aliphatic heterocycles. The molecule has 0 bridgehead atoms. The number of benzene rings is 3. The van der Waals surface area contributed by atoms with E-state index in [4.69, 9.17) is 10.5 Å². The number of carboxylic acid groups (broad SMARTS) is 1. The van der Waals surface area contributed by atoms with Gasteiger partial charge in [0, 0.05) is 6.42 Å². The van der Waals surface area contributed by atoms with Gasteiger partial charge >= 0.3 is 12.1 Å². The highest BCUT2D eigenvalue weighted by Gasteiger charge is 2.38. The van der Waals surface area contributed by atoms with Gasteiger partial charge in [0.15, 0.2) is 0 Å². The second kappa shape index (κ2) is 11.7. The van der Waals surface area contributed by atoms with Crippen molar-refractivity contribution >= 4 is 18.0 Å². The normalized spacial score (nSPS) is 12.4. The van der Waals surface area contributed by atoms with Gasteiger partial charge in [0.25, 0.3) is 0 Å². The number of aromatic hydroxyl groups is 2. The van der Waals surface area contributed by atoms with Gasteiger partial charge in [-0.3, -0.25) is 4.79 Å². The molecule has 0 radical (unpaired) electrons. The Bertz CT molecular complexity index is 1150. The van der Waals surface area contributed by atoms with Crippen LogP contribution >= 0.6 is 0 Å². The number of phenolic OH excluding ortho intramolecular Hbond substituents is 2. The van der Waals surface area contributed by atoms with E-state index in [1.54, 1.807) is 42.5 Å². The fourth-order valence-electron chi connectivity index (χ4n) is 3.46. The second-order valence-corrected chi connectivity index (χ2v) is 7.95. The highest BCUT2D eigenvalue weighted by atomic mass is 16.6. The number of hydrogen-bond donors (Lipinski definition) is 4. The standard InChI is InChI=1S/C26H26N2O7/c27-22(14-17-6-10-20(29)11-7-17)24(31)28(26(34)35-16-19-4-2-1-3-5-19)23(25(32)33)15-18-8-12-21(30)13-9-18/h1-13,22-23,29-30H,14-16,27H2,(H,32,33)/t22-,23-/m0/s1. The summed E-state index contributed by atoms with van der Waals surface area (Å²) >= 11 is 0. The van der Waals surface area contributed by atoms with Crippen molar-refractivity contribution in [3.05, 3.63) is 95.6 Å². The van der Waals surface area contributed by atoms with Gasteiger partial charge in [0.1, 0.15) is 24.1 Å². The quantitative estimate of drug-likeness (QED) is 0.367. The number of aliphatic carboxylic acids is 1. The van der Waals surface area contributed by atoms with Crippen molar-refractivity contribution in [1.82, 2.24) is 4.90 Å². The van der Waals surface area contributed by atoms with E-state index < -0.39 is 30.1 Å². The lowest BCUT2D eigenvalue weighted by Gasteiger charge is -2.29. The van der Waals surface area contributed by atoms with Crippen molar-refractivity contribution in [2.75, 3.05) is 0 Å². The van der Waals surface area contributed by atoms with Gasteiger partial charge in [-0.1, -0.05) is 54.6 Å². The van der Waals surface area contributed by atoms with Gasteiger partial charge in [-0.25, -0.2) is 14.5 Å². The van der Waals surface area contributed by atoms with Gasteiger partial charge in [0.2, 0.25) is 5.91 Å². The van der Waals surface area contributed by atoms with Crippen LogP contribution in [0.3, 0.4) is 0 Å². The lowest BCUT2D eigenvalue weighted by Crippen LogP contribution is -2.55. The predicted octanol–water partition coefficient (Wildman–Crippen LogP) is 2.83. The Morgan fingerprint density at radius 1 is 0.771 bits per heavy atom. The molecular formula is C26H26N2O7. The molecule has 0 aromatic heterocycles. The molecule has 182 valence electrons. The number of imide groups is 1. The molecule has 3 aromatic carbocycles. The third-order valence-electron chi connectivity index (χ3n) is 5.31. The topological polar surface area (TPSA) is 150 Å². The van der Waals surface area contributed by atoms with Crippen molar-refractivity contribution < 1.29 is 34.4 Å². The van der Waals surface area contributed by atoms with Crippen molar-refractivity contribution in [2.24, 2.45) is 5.73 Å². The number of carboxylic acids is 1. The third-order valence-corrected chi connectivity index (χ3v) is 5.31. The van der Waals surface area contributed by atoms with Gasteiger partial charge in [0.05, 0.1) is 6.04 Å². The number of nitrogens with two attached hydrogens (primary N) is 1. The van der Waals surface area contributed by atoms with E-state index in [1.165, 1.54) is 36.4 Å². The minimum Gasteiger partial charge on any atom is -0.508 e. The molecule has 0 heterocycles. The van der Waals surface area contributed by atoms with E-state index in [-0.39, 0.29) is 30.9 Å². The summed E-state index contributed by atoms with van der Waals surface area (Å²) in [4.78, 5) is 39.1. The van der Waals surface area contributed by atoms with Crippen LogP contribution in [-0.2, 0) is 33.8 Å². The van der Waals surface area contributed by atoms with Gasteiger partial charge in [-0.2, -0.15) is 0 Å². The molecule has 0 aliphatic rings. The number of phenols is 2. The maximum Gasteiger partial charge on any atom is 0.417 e. The summed E-state index contributed by atoms with van der Waals surface area (Å²) in [5, 5.41) is 28.9. The Labute approximate surface area is 202 Å². The SMILES string of the molecule is N[C@@H](Cc1ccc(O)cc1)C(=O)N(C(=O)OCc1ccccc1)[C@@H](Cc1ccc(O)cc1)C(=O)O. The van der Waals surface area contributed by atoms with E-state index >= 15 is 0 Å². The number of carbonyl (C=O) groups excluding carboxylic acids is 2. The second-order valence-electron chi connectivity index (χ2n) is 7.95. The molecule has 0 spiro atoms. The van der Waals surface area contributed by atoms with Gasteiger partial charge < -0.3 is 25.8 Å². The van der Waals surface area contributed by atoms with E-state index in [0.717, 1.165) is 0 Å². The molecule has 2 amide bonds. The minimum atomic E-state index is -1.60. The smallest absolute Gasteiger partial charge is 0.417 e. The van der Waals surface area contributed by atoms with Crippen LogP contribution in [0.1, 0.15) is 16.7 Å². The van der Waals surface area contributed by atoms with E-state index in [1.807, 2.05) is 0 Å². The number of amides is 2. The van der Waals surface area contributed by atoms with Crippen molar-refractivity contribution in [1.29, 1.82) is 0 Å². The number of hydrogen-bond acceptors (Lipinski definition) is 7. The first kappa shape index (κ1) is 25.3. The average molecular weight is 479 g/mol. The Balaban J connectivity index is 1.86. The number of ether oxygens (including phenoxy) is 1. The summed E-state index contributed by atoms with van der Waals surface area (Å²) < 4.78 is 5.29.